The van der Waals surface area contributed by atoms with Crippen LogP contribution >= 0.6 is 0 Å². The van der Waals surface area contributed by atoms with Gasteiger partial charge in [-0.1, -0.05) is 78.8 Å². The van der Waals surface area contributed by atoms with Gasteiger partial charge in [-0.2, -0.15) is 0 Å². The van der Waals surface area contributed by atoms with Crippen LogP contribution in [0.2, 0.25) is 0 Å². The summed E-state index contributed by atoms with van der Waals surface area (Å²) in [4.78, 5) is 0. The second-order valence-electron chi connectivity index (χ2n) is 8.98. The lowest BCUT2D eigenvalue weighted by molar-refractivity contribution is 0.352. The Morgan fingerprint density at radius 1 is 0.889 bits per heavy atom. The molecule has 0 aromatic rings. The molecule has 27 heavy (non-hydrogen) atoms. The van der Waals surface area contributed by atoms with E-state index in [0.717, 1.165) is 11.8 Å². The van der Waals surface area contributed by atoms with Gasteiger partial charge in [-0.3, -0.25) is 0 Å². The molecule has 0 saturated heterocycles. The summed E-state index contributed by atoms with van der Waals surface area (Å²) in [7, 11) is 0. The average molecular weight is 359 g/mol. The molecular formula is C27H34. The van der Waals surface area contributed by atoms with Gasteiger partial charge in [-0.25, -0.2) is 0 Å². The Labute approximate surface area is 165 Å². The average Bonchev–Trinajstić information content (AvgIpc) is 2.98. The maximum absolute atomic E-state index is 2.60. The molecule has 0 aliphatic heterocycles. The zero-order valence-electron chi connectivity index (χ0n) is 17.0. The second kappa shape index (κ2) is 8.46. The van der Waals surface area contributed by atoms with E-state index in [2.05, 4.69) is 74.6 Å². The third-order valence-electron chi connectivity index (χ3n) is 6.88. The maximum Gasteiger partial charge on any atom is -0.0124 e. The Hall–Kier alpha value is -1.82. The smallest absolute Gasteiger partial charge is 0.0124 e. The van der Waals surface area contributed by atoms with Gasteiger partial charge in [-0.05, 0) is 86.7 Å². The topological polar surface area (TPSA) is 0 Å². The molecule has 0 fully saturated rings. The third-order valence-corrected chi connectivity index (χ3v) is 6.88. The lowest BCUT2D eigenvalue weighted by atomic mass is 9.69. The van der Waals surface area contributed by atoms with Gasteiger partial charge < -0.3 is 0 Å². The largest absolute Gasteiger partial charge is 0.0850 e. The maximum atomic E-state index is 2.60. The van der Waals surface area contributed by atoms with Crippen molar-refractivity contribution >= 4 is 0 Å². The molecule has 0 aromatic carbocycles. The van der Waals surface area contributed by atoms with E-state index in [-0.39, 0.29) is 0 Å². The molecule has 4 atom stereocenters. The van der Waals surface area contributed by atoms with Crippen molar-refractivity contribution in [1.29, 1.82) is 0 Å². The minimum Gasteiger partial charge on any atom is -0.0850 e. The Balaban J connectivity index is 1.64. The fourth-order valence-corrected chi connectivity index (χ4v) is 5.34. The quantitative estimate of drug-likeness (QED) is 0.454. The highest BCUT2D eigenvalue weighted by molar-refractivity contribution is 5.51. The van der Waals surface area contributed by atoms with Gasteiger partial charge in [0.05, 0.1) is 0 Å². The number of rotatable bonds is 3. The molecule has 142 valence electrons. The third kappa shape index (κ3) is 4.37. The van der Waals surface area contributed by atoms with Crippen molar-refractivity contribution in [2.75, 3.05) is 0 Å². The highest BCUT2D eigenvalue weighted by Gasteiger charge is 2.30. The van der Waals surface area contributed by atoms with Gasteiger partial charge in [0, 0.05) is 0 Å². The molecule has 0 radical (unpaired) electrons. The predicted molar refractivity (Wildman–Crippen MR) is 117 cm³/mol. The molecule has 0 heteroatoms. The van der Waals surface area contributed by atoms with Crippen LogP contribution in [0, 0.1) is 23.7 Å². The van der Waals surface area contributed by atoms with Crippen LogP contribution in [-0.4, -0.2) is 0 Å². The molecule has 0 bridgehead atoms. The van der Waals surface area contributed by atoms with Crippen molar-refractivity contribution in [1.82, 2.24) is 0 Å². The molecule has 4 aliphatic carbocycles. The summed E-state index contributed by atoms with van der Waals surface area (Å²) in [6.07, 6.45) is 32.7. The van der Waals surface area contributed by atoms with Crippen LogP contribution in [0.3, 0.4) is 0 Å². The van der Waals surface area contributed by atoms with Crippen LogP contribution in [0.5, 0.6) is 0 Å². The first-order valence-electron chi connectivity index (χ1n) is 11.0. The minimum absolute atomic E-state index is 0.645. The fraction of sp³-hybridized carbons (Fsp3) is 0.481. The van der Waals surface area contributed by atoms with Crippen LogP contribution < -0.4 is 0 Å². The van der Waals surface area contributed by atoms with Crippen LogP contribution in [0.15, 0.2) is 83.1 Å². The summed E-state index contributed by atoms with van der Waals surface area (Å²) in [5.41, 5.74) is 6.23. The Kier molecular flexibility index (Phi) is 5.81. The molecule has 4 unspecified atom stereocenters. The molecule has 0 N–H and O–H groups in total. The number of hydrogen-bond donors (Lipinski definition) is 0. The van der Waals surface area contributed by atoms with Crippen LogP contribution in [0.1, 0.15) is 58.8 Å². The van der Waals surface area contributed by atoms with E-state index in [4.69, 9.17) is 0 Å². The van der Waals surface area contributed by atoms with E-state index in [1.807, 2.05) is 0 Å². The van der Waals surface area contributed by atoms with Crippen LogP contribution in [0.25, 0.3) is 0 Å². The van der Waals surface area contributed by atoms with Gasteiger partial charge >= 0.3 is 0 Å². The Morgan fingerprint density at radius 3 is 2.63 bits per heavy atom. The molecule has 0 spiro atoms. The lowest BCUT2D eigenvalue weighted by Crippen LogP contribution is -2.23. The first-order chi connectivity index (χ1) is 13.2. The summed E-state index contributed by atoms with van der Waals surface area (Å²) in [6.45, 7) is 4.77. The van der Waals surface area contributed by atoms with Crippen LogP contribution in [-0.2, 0) is 0 Å². The molecule has 0 saturated carbocycles. The highest BCUT2D eigenvalue weighted by atomic mass is 14.3. The molecule has 0 nitrogen and oxygen atoms in total. The first kappa shape index (κ1) is 18.5. The highest BCUT2D eigenvalue weighted by Crippen LogP contribution is 2.43. The van der Waals surface area contributed by atoms with Gasteiger partial charge in [0.2, 0.25) is 0 Å². The molecule has 4 rings (SSSR count). The van der Waals surface area contributed by atoms with E-state index in [0.29, 0.717) is 11.8 Å². The van der Waals surface area contributed by atoms with Crippen molar-refractivity contribution in [2.45, 2.75) is 58.8 Å². The fourth-order valence-electron chi connectivity index (χ4n) is 5.34. The van der Waals surface area contributed by atoms with Crippen molar-refractivity contribution in [2.24, 2.45) is 23.7 Å². The summed E-state index contributed by atoms with van der Waals surface area (Å²) < 4.78 is 0. The SMILES string of the molecule is CC1=CCC(C2=CC(C3=CCCC=C3)=CC(C3C=CC=CCC3)C2)C(C)C1. The van der Waals surface area contributed by atoms with Crippen LogP contribution in [0.4, 0.5) is 0 Å². The van der Waals surface area contributed by atoms with Crippen molar-refractivity contribution < 1.29 is 0 Å². The molecule has 0 aromatic heterocycles. The Morgan fingerprint density at radius 2 is 1.81 bits per heavy atom. The van der Waals surface area contributed by atoms with E-state index in [9.17, 15) is 0 Å². The van der Waals surface area contributed by atoms with Crippen molar-refractivity contribution in [3.05, 3.63) is 83.1 Å². The van der Waals surface area contributed by atoms with Gasteiger partial charge in [0.1, 0.15) is 0 Å². The zero-order valence-corrected chi connectivity index (χ0v) is 17.0. The molecule has 0 heterocycles. The summed E-state index contributed by atoms with van der Waals surface area (Å²) >= 11 is 0. The van der Waals surface area contributed by atoms with E-state index in [1.54, 1.807) is 11.1 Å². The number of hydrogen-bond acceptors (Lipinski definition) is 0. The molecule has 4 aliphatic rings. The summed E-state index contributed by atoms with van der Waals surface area (Å²) in [6, 6.07) is 0. The molecular weight excluding hydrogens is 324 g/mol. The first-order valence-corrected chi connectivity index (χ1v) is 11.0. The lowest BCUT2D eigenvalue weighted by Gasteiger charge is -2.35. The van der Waals surface area contributed by atoms with Gasteiger partial charge in [0.15, 0.2) is 0 Å². The van der Waals surface area contributed by atoms with Crippen molar-refractivity contribution in [3.63, 3.8) is 0 Å². The standard InChI is InChI=1S/C27H34/c1-20-14-15-27(21(2)16-20)26-18-24(22-10-6-3-4-7-11-22)17-25(19-26)23-12-8-5-9-13-23/h3-4,6,8,10,12-14,17,19,21-22,24,27H,5,7,9,11,15-16,18H2,1-2H3. The van der Waals surface area contributed by atoms with Crippen molar-refractivity contribution in [3.8, 4) is 0 Å². The van der Waals surface area contributed by atoms with E-state index in [1.165, 1.54) is 56.1 Å². The monoisotopic (exact) mass is 358 g/mol. The predicted octanol–water partition coefficient (Wildman–Crippen LogP) is 7.65. The normalized spacial score (nSPS) is 33.7. The Bertz CT molecular complexity index is 762. The van der Waals surface area contributed by atoms with Gasteiger partial charge in [0.25, 0.3) is 0 Å². The van der Waals surface area contributed by atoms with E-state index >= 15 is 0 Å². The van der Waals surface area contributed by atoms with Gasteiger partial charge in [-0.15, -0.1) is 0 Å². The summed E-state index contributed by atoms with van der Waals surface area (Å²) in [5, 5.41) is 0. The zero-order chi connectivity index (χ0) is 18.6. The summed E-state index contributed by atoms with van der Waals surface area (Å²) in [5.74, 6) is 2.80. The second-order valence-corrected chi connectivity index (χ2v) is 8.98. The number of allylic oxidation sites excluding steroid dienone is 14. The molecule has 0 amide bonds. The minimum atomic E-state index is 0.645. The van der Waals surface area contributed by atoms with E-state index < -0.39 is 0 Å².